The number of aryl methyl sites for hydroxylation is 1. The molecule has 5 nitrogen and oxygen atoms in total. The number of benzene rings is 1. The monoisotopic (exact) mass is 455 g/mol. The highest BCUT2D eigenvalue weighted by Gasteiger charge is 2.25. The van der Waals surface area contributed by atoms with E-state index in [4.69, 9.17) is 4.98 Å². The highest BCUT2D eigenvalue weighted by molar-refractivity contribution is 8.00. The summed E-state index contributed by atoms with van der Waals surface area (Å²) in [4.78, 5) is 35.6. The number of thiophene rings is 1. The number of aromatic nitrogens is 2. The summed E-state index contributed by atoms with van der Waals surface area (Å²) in [5.74, 6) is 0.898. The topological polar surface area (TPSA) is 74.8 Å². The van der Waals surface area contributed by atoms with E-state index in [1.165, 1.54) is 22.2 Å². The molecule has 2 N–H and O–H groups in total. The summed E-state index contributed by atoms with van der Waals surface area (Å²) in [6.07, 6.45) is 3.72. The number of hydrogen-bond acceptors (Lipinski definition) is 5. The first-order valence-corrected chi connectivity index (χ1v) is 12.7. The van der Waals surface area contributed by atoms with E-state index in [1.807, 2.05) is 31.2 Å². The molecule has 1 aromatic carbocycles. The van der Waals surface area contributed by atoms with E-state index in [0.717, 1.165) is 40.7 Å². The van der Waals surface area contributed by atoms with Gasteiger partial charge in [0.25, 0.3) is 5.56 Å². The van der Waals surface area contributed by atoms with Crippen LogP contribution >= 0.6 is 23.1 Å². The minimum Gasteiger partial charge on any atom is -0.325 e. The zero-order chi connectivity index (χ0) is 22.1. The zero-order valence-electron chi connectivity index (χ0n) is 18.5. The maximum atomic E-state index is 13.0. The van der Waals surface area contributed by atoms with Crippen molar-refractivity contribution in [2.75, 3.05) is 5.32 Å². The second kappa shape index (κ2) is 9.17. The molecule has 2 atom stereocenters. The molecule has 0 saturated heterocycles. The van der Waals surface area contributed by atoms with Gasteiger partial charge in [-0.15, -0.1) is 11.3 Å². The molecule has 164 valence electrons. The van der Waals surface area contributed by atoms with Crippen LogP contribution in [0.4, 0.5) is 5.69 Å². The molecule has 2 heterocycles. The van der Waals surface area contributed by atoms with Crippen molar-refractivity contribution >= 4 is 44.9 Å². The number of carbonyl (C=O) groups excluding carboxylic acids is 1. The first kappa shape index (κ1) is 22.1. The lowest BCUT2D eigenvalue weighted by Crippen LogP contribution is -2.26. The van der Waals surface area contributed by atoms with Crippen LogP contribution in [0.2, 0.25) is 0 Å². The highest BCUT2D eigenvalue weighted by atomic mass is 32.2. The summed E-state index contributed by atoms with van der Waals surface area (Å²) in [7, 11) is 0. The molecule has 0 radical (unpaired) electrons. The predicted molar refractivity (Wildman–Crippen MR) is 131 cm³/mol. The summed E-state index contributed by atoms with van der Waals surface area (Å²) < 4.78 is 0. The molecule has 0 saturated carbocycles. The number of amides is 1. The Morgan fingerprint density at radius 1 is 1.35 bits per heavy atom. The van der Waals surface area contributed by atoms with E-state index in [-0.39, 0.29) is 16.7 Å². The fourth-order valence-corrected chi connectivity index (χ4v) is 6.51. The lowest BCUT2D eigenvalue weighted by atomic mass is 9.89. The fourth-order valence-electron chi connectivity index (χ4n) is 4.17. The Balaban J connectivity index is 1.57. The average Bonchev–Trinajstić information content (AvgIpc) is 3.09. The third-order valence-electron chi connectivity index (χ3n) is 5.90. The van der Waals surface area contributed by atoms with Gasteiger partial charge in [-0.1, -0.05) is 57.7 Å². The molecule has 0 fully saturated rings. The van der Waals surface area contributed by atoms with E-state index in [0.29, 0.717) is 23.4 Å². The molecular weight excluding hydrogens is 426 g/mol. The van der Waals surface area contributed by atoms with Crippen molar-refractivity contribution in [1.29, 1.82) is 0 Å². The second-order valence-corrected chi connectivity index (χ2v) is 10.9. The summed E-state index contributed by atoms with van der Waals surface area (Å²) in [5.41, 5.74) is 3.05. The van der Waals surface area contributed by atoms with Crippen molar-refractivity contribution in [2.45, 2.75) is 69.7 Å². The number of para-hydroxylation sites is 1. The number of carbonyl (C=O) groups is 1. The highest BCUT2D eigenvalue weighted by Crippen LogP contribution is 2.36. The molecule has 7 heteroatoms. The molecule has 31 heavy (non-hydrogen) atoms. The Hall–Kier alpha value is -2.12. The molecule has 0 spiro atoms. The molecule has 1 aliphatic carbocycles. The van der Waals surface area contributed by atoms with Gasteiger partial charge in [0.05, 0.1) is 10.6 Å². The van der Waals surface area contributed by atoms with E-state index >= 15 is 0 Å². The third kappa shape index (κ3) is 4.58. The molecular formula is C24H29N3O2S2. The summed E-state index contributed by atoms with van der Waals surface area (Å²) >= 11 is 2.97. The Morgan fingerprint density at radius 2 is 2.13 bits per heavy atom. The Morgan fingerprint density at radius 3 is 2.87 bits per heavy atom. The Labute approximate surface area is 191 Å². The number of aromatic amines is 1. The van der Waals surface area contributed by atoms with Crippen LogP contribution < -0.4 is 10.9 Å². The second-order valence-electron chi connectivity index (χ2n) is 8.65. The number of thioether (sulfide) groups is 1. The maximum Gasteiger partial charge on any atom is 0.260 e. The minimum atomic E-state index is -0.338. The number of H-pyrrole nitrogens is 1. The quantitative estimate of drug-likeness (QED) is 0.367. The van der Waals surface area contributed by atoms with Crippen LogP contribution in [0.5, 0.6) is 0 Å². The van der Waals surface area contributed by atoms with Gasteiger partial charge >= 0.3 is 0 Å². The van der Waals surface area contributed by atoms with Crippen molar-refractivity contribution in [1.82, 2.24) is 9.97 Å². The molecule has 4 rings (SSSR count). The van der Waals surface area contributed by atoms with Crippen molar-refractivity contribution in [3.8, 4) is 0 Å². The van der Waals surface area contributed by atoms with E-state index in [1.54, 1.807) is 11.3 Å². The summed E-state index contributed by atoms with van der Waals surface area (Å²) in [6, 6.07) is 7.90. The number of fused-ring (bicyclic) bond motifs is 3. The first-order valence-electron chi connectivity index (χ1n) is 11.0. The van der Waals surface area contributed by atoms with E-state index in [2.05, 4.69) is 31.1 Å². The SMILES string of the molecule is CCC(Sc1nc2sc3c(c2c(=O)[nH]1)CCC(C)C3)C(=O)Nc1ccccc1C(C)C. The van der Waals surface area contributed by atoms with Crippen molar-refractivity contribution in [3.63, 3.8) is 0 Å². The molecule has 1 aliphatic rings. The third-order valence-corrected chi connectivity index (χ3v) is 8.30. The normalized spacial score (nSPS) is 17.0. The number of hydrogen-bond donors (Lipinski definition) is 2. The lowest BCUT2D eigenvalue weighted by Gasteiger charge is -2.18. The average molecular weight is 456 g/mol. The Kier molecular flexibility index (Phi) is 6.53. The van der Waals surface area contributed by atoms with Gasteiger partial charge in [-0.3, -0.25) is 9.59 Å². The van der Waals surface area contributed by atoms with Gasteiger partial charge in [0, 0.05) is 10.6 Å². The first-order chi connectivity index (χ1) is 14.9. The van der Waals surface area contributed by atoms with Crippen LogP contribution in [-0.4, -0.2) is 21.1 Å². The smallest absolute Gasteiger partial charge is 0.260 e. The van der Waals surface area contributed by atoms with Crippen molar-refractivity contribution in [2.24, 2.45) is 5.92 Å². The van der Waals surface area contributed by atoms with Crippen LogP contribution in [0.3, 0.4) is 0 Å². The fraction of sp³-hybridized carbons (Fsp3) is 0.458. The lowest BCUT2D eigenvalue weighted by molar-refractivity contribution is -0.115. The largest absolute Gasteiger partial charge is 0.325 e. The van der Waals surface area contributed by atoms with Gasteiger partial charge in [-0.25, -0.2) is 4.98 Å². The molecule has 0 aliphatic heterocycles. The van der Waals surface area contributed by atoms with Crippen LogP contribution in [0.1, 0.15) is 62.5 Å². The predicted octanol–water partition coefficient (Wildman–Crippen LogP) is 5.74. The number of anilines is 1. The van der Waals surface area contributed by atoms with Crippen LogP contribution in [0.15, 0.2) is 34.2 Å². The van der Waals surface area contributed by atoms with Crippen molar-refractivity contribution in [3.05, 3.63) is 50.6 Å². The van der Waals surface area contributed by atoms with Crippen LogP contribution in [0, 0.1) is 5.92 Å². The standard InChI is InChI=1S/C24H29N3O2S2/c1-5-18(21(28)25-17-9-7-6-8-15(17)13(2)3)31-24-26-22(29)20-16-11-10-14(4)12-19(16)30-23(20)27-24/h6-9,13-14,18H,5,10-12H2,1-4H3,(H,25,28)(H,26,27,29). The van der Waals surface area contributed by atoms with Gasteiger partial charge in [0.2, 0.25) is 5.91 Å². The van der Waals surface area contributed by atoms with Gasteiger partial charge in [0.15, 0.2) is 5.16 Å². The van der Waals surface area contributed by atoms with Crippen LogP contribution in [-0.2, 0) is 17.6 Å². The van der Waals surface area contributed by atoms with Gasteiger partial charge in [0.1, 0.15) is 4.83 Å². The molecule has 0 bridgehead atoms. The van der Waals surface area contributed by atoms with Gasteiger partial charge in [-0.2, -0.15) is 0 Å². The number of rotatable bonds is 6. The minimum absolute atomic E-state index is 0.0670. The summed E-state index contributed by atoms with van der Waals surface area (Å²) in [6.45, 7) is 8.46. The number of nitrogens with zero attached hydrogens (tertiary/aromatic N) is 1. The molecule has 1 amide bonds. The van der Waals surface area contributed by atoms with Gasteiger partial charge in [-0.05, 0) is 54.7 Å². The maximum absolute atomic E-state index is 13.0. The van der Waals surface area contributed by atoms with Crippen LogP contribution in [0.25, 0.3) is 10.2 Å². The molecule has 2 unspecified atom stereocenters. The number of nitrogens with one attached hydrogen (secondary N) is 2. The van der Waals surface area contributed by atoms with E-state index < -0.39 is 0 Å². The molecule has 3 aromatic rings. The molecule has 2 aromatic heterocycles. The Bertz CT molecular complexity index is 1170. The van der Waals surface area contributed by atoms with Crippen molar-refractivity contribution < 1.29 is 4.79 Å². The summed E-state index contributed by atoms with van der Waals surface area (Å²) in [5, 5.41) is 4.01. The van der Waals surface area contributed by atoms with Gasteiger partial charge < -0.3 is 10.3 Å². The zero-order valence-corrected chi connectivity index (χ0v) is 20.1. The van der Waals surface area contributed by atoms with E-state index in [9.17, 15) is 9.59 Å².